The smallest absolute Gasteiger partial charge is 0.317 e. The molecule has 0 aromatic heterocycles. The molecule has 6 heteroatoms. The zero-order valence-electron chi connectivity index (χ0n) is 12.9. The largest absolute Gasteiger partial charge is 0.481 e. The maximum atomic E-state index is 12.3. The van der Waals surface area contributed by atoms with Crippen LogP contribution in [0.25, 0.3) is 0 Å². The number of ether oxygens (including phenoxy) is 1. The second-order valence-corrected chi connectivity index (χ2v) is 6.78. The molecule has 2 N–H and O–H groups in total. The molecule has 2 rings (SSSR count). The minimum absolute atomic E-state index is 0.0218. The van der Waals surface area contributed by atoms with E-state index in [2.05, 4.69) is 5.32 Å². The number of aliphatic carboxylic acids is 1. The van der Waals surface area contributed by atoms with Crippen LogP contribution in [-0.4, -0.2) is 53.3 Å². The van der Waals surface area contributed by atoms with Gasteiger partial charge < -0.3 is 20.1 Å². The van der Waals surface area contributed by atoms with E-state index in [9.17, 15) is 9.59 Å². The molecular weight excluding hydrogens is 272 g/mol. The van der Waals surface area contributed by atoms with Crippen molar-refractivity contribution >= 4 is 12.0 Å². The highest BCUT2D eigenvalue weighted by molar-refractivity contribution is 5.74. The SMILES string of the molecule is CC1(C)CC(NC(=O)N2CCC(CC(=O)O)CC2)CCO1. The second kappa shape index (κ2) is 6.64. The molecule has 0 aliphatic carbocycles. The summed E-state index contributed by atoms with van der Waals surface area (Å²) in [4.78, 5) is 24.8. The Morgan fingerprint density at radius 1 is 1.29 bits per heavy atom. The van der Waals surface area contributed by atoms with Gasteiger partial charge in [0.25, 0.3) is 0 Å². The molecule has 2 saturated heterocycles. The van der Waals surface area contributed by atoms with Crippen molar-refractivity contribution < 1.29 is 19.4 Å². The molecule has 2 amide bonds. The normalized spacial score (nSPS) is 26.4. The van der Waals surface area contributed by atoms with Crippen molar-refractivity contribution in [1.82, 2.24) is 10.2 Å². The summed E-state index contributed by atoms with van der Waals surface area (Å²) in [5, 5.41) is 11.9. The van der Waals surface area contributed by atoms with Crippen LogP contribution in [-0.2, 0) is 9.53 Å². The van der Waals surface area contributed by atoms with E-state index >= 15 is 0 Å². The van der Waals surface area contributed by atoms with Crippen LogP contribution < -0.4 is 5.32 Å². The number of carbonyl (C=O) groups is 2. The van der Waals surface area contributed by atoms with Gasteiger partial charge in [-0.2, -0.15) is 0 Å². The topological polar surface area (TPSA) is 78.9 Å². The fourth-order valence-corrected chi connectivity index (χ4v) is 3.21. The summed E-state index contributed by atoms with van der Waals surface area (Å²) < 4.78 is 5.65. The van der Waals surface area contributed by atoms with Crippen LogP contribution in [0.15, 0.2) is 0 Å². The third-order valence-electron chi connectivity index (χ3n) is 4.39. The lowest BCUT2D eigenvalue weighted by molar-refractivity contribution is -0.138. The van der Waals surface area contributed by atoms with Gasteiger partial charge in [-0.05, 0) is 45.4 Å². The number of carboxylic acids is 1. The molecule has 120 valence electrons. The first-order chi connectivity index (χ1) is 9.85. The van der Waals surface area contributed by atoms with Crippen LogP contribution in [0.3, 0.4) is 0 Å². The fraction of sp³-hybridized carbons (Fsp3) is 0.867. The molecule has 6 nitrogen and oxygen atoms in total. The van der Waals surface area contributed by atoms with E-state index < -0.39 is 5.97 Å². The molecule has 2 fully saturated rings. The van der Waals surface area contributed by atoms with Crippen molar-refractivity contribution in [3.05, 3.63) is 0 Å². The number of hydrogen-bond acceptors (Lipinski definition) is 3. The first kappa shape index (κ1) is 16.1. The van der Waals surface area contributed by atoms with Gasteiger partial charge in [-0.3, -0.25) is 4.79 Å². The lowest BCUT2D eigenvalue weighted by atomic mass is 9.93. The number of piperidine rings is 1. The van der Waals surface area contributed by atoms with Crippen molar-refractivity contribution in [2.75, 3.05) is 19.7 Å². The molecule has 2 aliphatic rings. The van der Waals surface area contributed by atoms with Crippen LogP contribution in [0.1, 0.15) is 46.0 Å². The molecule has 0 radical (unpaired) electrons. The van der Waals surface area contributed by atoms with Gasteiger partial charge in [-0.25, -0.2) is 4.79 Å². The molecule has 0 aromatic rings. The fourth-order valence-electron chi connectivity index (χ4n) is 3.21. The zero-order chi connectivity index (χ0) is 15.5. The zero-order valence-corrected chi connectivity index (χ0v) is 12.9. The van der Waals surface area contributed by atoms with Crippen molar-refractivity contribution in [1.29, 1.82) is 0 Å². The molecule has 2 aliphatic heterocycles. The summed E-state index contributed by atoms with van der Waals surface area (Å²) in [6.07, 6.45) is 3.44. The Kier molecular flexibility index (Phi) is 5.08. The first-order valence-corrected chi connectivity index (χ1v) is 7.77. The summed E-state index contributed by atoms with van der Waals surface area (Å²) in [5.74, 6) is -0.545. The van der Waals surface area contributed by atoms with E-state index in [1.165, 1.54) is 0 Å². The molecule has 2 heterocycles. The second-order valence-electron chi connectivity index (χ2n) is 6.78. The summed E-state index contributed by atoms with van der Waals surface area (Å²) in [7, 11) is 0. The van der Waals surface area contributed by atoms with Crippen molar-refractivity contribution in [3.63, 3.8) is 0 Å². The Bertz CT molecular complexity index is 389. The predicted octanol–water partition coefficient (Wildman–Crippen LogP) is 1.84. The molecule has 0 spiro atoms. The number of carbonyl (C=O) groups excluding carboxylic acids is 1. The third-order valence-corrected chi connectivity index (χ3v) is 4.39. The quantitative estimate of drug-likeness (QED) is 0.833. The van der Waals surface area contributed by atoms with Crippen LogP contribution >= 0.6 is 0 Å². The molecule has 21 heavy (non-hydrogen) atoms. The van der Waals surface area contributed by atoms with E-state index in [1.807, 2.05) is 13.8 Å². The van der Waals surface area contributed by atoms with Gasteiger partial charge in [0.05, 0.1) is 5.60 Å². The van der Waals surface area contributed by atoms with Crippen molar-refractivity contribution in [2.24, 2.45) is 5.92 Å². The Labute approximate surface area is 125 Å². The highest BCUT2D eigenvalue weighted by Crippen LogP contribution is 2.25. The number of carboxylic acid groups (broad SMARTS) is 1. The summed E-state index contributed by atoms with van der Waals surface area (Å²) in [6, 6.07) is 0.143. The van der Waals surface area contributed by atoms with E-state index in [4.69, 9.17) is 9.84 Å². The maximum absolute atomic E-state index is 12.3. The van der Waals surface area contributed by atoms with Crippen LogP contribution in [0.4, 0.5) is 4.79 Å². The summed E-state index contributed by atoms with van der Waals surface area (Å²) in [6.45, 7) is 6.07. The minimum Gasteiger partial charge on any atom is -0.481 e. The van der Waals surface area contributed by atoms with Gasteiger partial charge in [0, 0.05) is 32.2 Å². The monoisotopic (exact) mass is 298 g/mol. The molecular formula is C15H26N2O4. The standard InChI is InChI=1S/C15H26N2O4/c1-15(2)10-12(5-8-21-15)16-14(20)17-6-3-11(4-7-17)9-13(18)19/h11-12H,3-10H2,1-2H3,(H,16,20)(H,18,19). The highest BCUT2D eigenvalue weighted by Gasteiger charge is 2.31. The molecule has 0 aromatic carbocycles. The average molecular weight is 298 g/mol. The van der Waals surface area contributed by atoms with Crippen LogP contribution in [0.2, 0.25) is 0 Å². The van der Waals surface area contributed by atoms with E-state index in [-0.39, 0.29) is 30.0 Å². The van der Waals surface area contributed by atoms with Crippen molar-refractivity contribution in [3.8, 4) is 0 Å². The minimum atomic E-state index is -0.748. The van der Waals surface area contributed by atoms with E-state index in [0.717, 1.165) is 25.7 Å². The van der Waals surface area contributed by atoms with Gasteiger partial charge in [-0.15, -0.1) is 0 Å². The summed E-state index contributed by atoms with van der Waals surface area (Å²) in [5.41, 5.74) is -0.176. The molecule has 0 saturated carbocycles. The predicted molar refractivity (Wildman–Crippen MR) is 78.1 cm³/mol. The number of nitrogens with one attached hydrogen (secondary N) is 1. The Morgan fingerprint density at radius 2 is 1.95 bits per heavy atom. The Balaban J connectivity index is 1.76. The number of rotatable bonds is 3. The lowest BCUT2D eigenvalue weighted by Gasteiger charge is -2.38. The molecule has 1 atom stereocenters. The molecule has 0 bridgehead atoms. The lowest BCUT2D eigenvalue weighted by Crippen LogP contribution is -2.51. The summed E-state index contributed by atoms with van der Waals surface area (Å²) >= 11 is 0. The van der Waals surface area contributed by atoms with Crippen molar-refractivity contribution in [2.45, 2.75) is 57.6 Å². The van der Waals surface area contributed by atoms with E-state index in [1.54, 1.807) is 4.90 Å². The number of amides is 2. The third kappa shape index (κ3) is 4.88. The van der Waals surface area contributed by atoms with Crippen LogP contribution in [0, 0.1) is 5.92 Å². The van der Waals surface area contributed by atoms with Gasteiger partial charge in [0.15, 0.2) is 0 Å². The Hall–Kier alpha value is -1.30. The van der Waals surface area contributed by atoms with Gasteiger partial charge >= 0.3 is 12.0 Å². The number of urea groups is 1. The maximum Gasteiger partial charge on any atom is 0.317 e. The van der Waals surface area contributed by atoms with Gasteiger partial charge in [0.2, 0.25) is 0 Å². The average Bonchev–Trinajstić information content (AvgIpc) is 2.37. The molecule has 1 unspecified atom stereocenters. The highest BCUT2D eigenvalue weighted by atomic mass is 16.5. The Morgan fingerprint density at radius 3 is 2.52 bits per heavy atom. The number of likely N-dealkylation sites (tertiary alicyclic amines) is 1. The number of nitrogens with zero attached hydrogens (tertiary/aromatic N) is 1. The van der Waals surface area contributed by atoms with E-state index in [0.29, 0.717) is 19.7 Å². The number of hydrogen-bond donors (Lipinski definition) is 2. The first-order valence-electron chi connectivity index (χ1n) is 7.77. The van der Waals surface area contributed by atoms with Crippen LogP contribution in [0.5, 0.6) is 0 Å². The van der Waals surface area contributed by atoms with Gasteiger partial charge in [0.1, 0.15) is 0 Å². The van der Waals surface area contributed by atoms with Gasteiger partial charge in [-0.1, -0.05) is 0 Å².